The molecule has 0 saturated heterocycles. The molecule has 1 aromatic carbocycles. The summed E-state index contributed by atoms with van der Waals surface area (Å²) in [4.78, 5) is 2.11. The van der Waals surface area contributed by atoms with Gasteiger partial charge in [0.25, 0.3) is 0 Å². The van der Waals surface area contributed by atoms with Crippen LogP contribution in [-0.2, 0) is 6.42 Å². The first kappa shape index (κ1) is 10.1. The molecule has 0 aromatic heterocycles. The minimum atomic E-state index is 0.322. The molecular formula is C10H12Cl2N2. The number of hydrogen-bond donors (Lipinski definition) is 1. The van der Waals surface area contributed by atoms with Crippen LogP contribution in [0.25, 0.3) is 0 Å². The number of benzene rings is 1. The average Bonchev–Trinajstić information content (AvgIpc) is 2.51. The van der Waals surface area contributed by atoms with Crippen LogP contribution in [0.3, 0.4) is 0 Å². The largest absolute Gasteiger partial charge is 0.369 e. The minimum Gasteiger partial charge on any atom is -0.369 e. The van der Waals surface area contributed by atoms with Crippen molar-refractivity contribution >= 4 is 28.9 Å². The second-order valence-electron chi connectivity index (χ2n) is 3.56. The lowest BCUT2D eigenvalue weighted by Gasteiger charge is -2.21. The van der Waals surface area contributed by atoms with Gasteiger partial charge in [0, 0.05) is 24.7 Å². The third kappa shape index (κ3) is 1.38. The Bertz CT molecular complexity index is 365. The van der Waals surface area contributed by atoms with E-state index in [2.05, 4.69) is 4.90 Å². The molecule has 2 rings (SSSR count). The van der Waals surface area contributed by atoms with Crippen LogP contribution >= 0.6 is 23.2 Å². The normalized spacial score (nSPS) is 20.0. The number of halogens is 2. The topological polar surface area (TPSA) is 29.3 Å². The van der Waals surface area contributed by atoms with Gasteiger partial charge in [0.2, 0.25) is 0 Å². The van der Waals surface area contributed by atoms with E-state index < -0.39 is 0 Å². The molecule has 4 heteroatoms. The molecule has 2 nitrogen and oxygen atoms in total. The van der Waals surface area contributed by atoms with Gasteiger partial charge in [0.1, 0.15) is 0 Å². The summed E-state index contributed by atoms with van der Waals surface area (Å²) < 4.78 is 0. The van der Waals surface area contributed by atoms with E-state index in [0.29, 0.717) is 12.6 Å². The van der Waals surface area contributed by atoms with Gasteiger partial charge in [-0.2, -0.15) is 0 Å². The van der Waals surface area contributed by atoms with Gasteiger partial charge in [-0.1, -0.05) is 23.2 Å². The fourth-order valence-corrected chi connectivity index (χ4v) is 2.50. The zero-order valence-electron chi connectivity index (χ0n) is 7.93. The Hall–Kier alpha value is -0.440. The van der Waals surface area contributed by atoms with E-state index in [0.717, 1.165) is 27.7 Å². The zero-order valence-corrected chi connectivity index (χ0v) is 9.44. The average molecular weight is 231 g/mol. The third-order valence-corrected chi connectivity index (χ3v) is 3.45. The Morgan fingerprint density at radius 1 is 1.43 bits per heavy atom. The molecular weight excluding hydrogens is 219 g/mol. The van der Waals surface area contributed by atoms with Gasteiger partial charge >= 0.3 is 0 Å². The maximum Gasteiger partial charge on any atom is 0.0643 e. The molecule has 14 heavy (non-hydrogen) atoms. The number of nitrogens with two attached hydrogens (primary N) is 1. The molecule has 2 N–H and O–H groups in total. The summed E-state index contributed by atoms with van der Waals surface area (Å²) in [6.45, 7) is 0.623. The first-order valence-corrected chi connectivity index (χ1v) is 5.30. The maximum absolute atomic E-state index is 6.12. The molecule has 1 heterocycles. The van der Waals surface area contributed by atoms with Crippen molar-refractivity contribution in [1.29, 1.82) is 0 Å². The van der Waals surface area contributed by atoms with E-state index in [9.17, 15) is 0 Å². The van der Waals surface area contributed by atoms with E-state index in [1.807, 2.05) is 19.2 Å². The van der Waals surface area contributed by atoms with Gasteiger partial charge < -0.3 is 10.6 Å². The van der Waals surface area contributed by atoms with Crippen molar-refractivity contribution in [3.05, 3.63) is 27.7 Å². The van der Waals surface area contributed by atoms with Crippen molar-refractivity contribution in [2.45, 2.75) is 12.5 Å². The molecule has 1 aromatic rings. The Morgan fingerprint density at radius 3 is 2.64 bits per heavy atom. The third-order valence-electron chi connectivity index (χ3n) is 2.79. The molecule has 1 aliphatic heterocycles. The smallest absolute Gasteiger partial charge is 0.0643 e. The number of rotatable bonds is 1. The summed E-state index contributed by atoms with van der Waals surface area (Å²) in [6, 6.07) is 4.00. The fraction of sp³-hybridized carbons (Fsp3) is 0.400. The van der Waals surface area contributed by atoms with Crippen molar-refractivity contribution in [2.24, 2.45) is 5.73 Å². The van der Waals surface area contributed by atoms with Crippen molar-refractivity contribution in [3.8, 4) is 0 Å². The van der Waals surface area contributed by atoms with Crippen LogP contribution < -0.4 is 10.6 Å². The molecule has 0 aliphatic carbocycles. The van der Waals surface area contributed by atoms with Crippen molar-refractivity contribution < 1.29 is 0 Å². The minimum absolute atomic E-state index is 0.322. The summed E-state index contributed by atoms with van der Waals surface area (Å²) in [5, 5.41) is 1.54. The van der Waals surface area contributed by atoms with E-state index >= 15 is 0 Å². The number of hydrogen-bond acceptors (Lipinski definition) is 2. The van der Waals surface area contributed by atoms with Gasteiger partial charge in [-0.3, -0.25) is 0 Å². The van der Waals surface area contributed by atoms with E-state index in [4.69, 9.17) is 28.9 Å². The van der Waals surface area contributed by atoms with Crippen LogP contribution in [-0.4, -0.2) is 19.6 Å². The highest BCUT2D eigenvalue weighted by atomic mass is 35.5. The standard InChI is InChI=1S/C10H12Cl2N2/c1-14-6(5-13)4-7-8(11)2-3-9(12)10(7)14/h2-3,6H,4-5,13H2,1H3. The molecule has 0 saturated carbocycles. The quantitative estimate of drug-likeness (QED) is 0.803. The summed E-state index contributed by atoms with van der Waals surface area (Å²) in [5.41, 5.74) is 7.83. The highest BCUT2D eigenvalue weighted by Gasteiger charge is 2.28. The van der Waals surface area contributed by atoms with Crippen molar-refractivity contribution in [2.75, 3.05) is 18.5 Å². The molecule has 0 spiro atoms. The number of nitrogens with zero attached hydrogens (tertiary/aromatic N) is 1. The fourth-order valence-electron chi connectivity index (χ4n) is 1.96. The van der Waals surface area contributed by atoms with Crippen LogP contribution in [0.2, 0.25) is 10.0 Å². The second-order valence-corrected chi connectivity index (χ2v) is 4.38. The SMILES string of the molecule is CN1c2c(Cl)ccc(Cl)c2CC1CN. The number of likely N-dealkylation sites (N-methyl/N-ethyl adjacent to an activating group) is 1. The highest BCUT2D eigenvalue weighted by Crippen LogP contribution is 2.40. The van der Waals surface area contributed by atoms with Gasteiger partial charge in [0.05, 0.1) is 10.7 Å². The van der Waals surface area contributed by atoms with Crippen LogP contribution in [0, 0.1) is 0 Å². The Morgan fingerprint density at radius 2 is 2.07 bits per heavy atom. The van der Waals surface area contributed by atoms with E-state index in [1.165, 1.54) is 0 Å². The molecule has 0 amide bonds. The number of fused-ring (bicyclic) bond motifs is 1. The van der Waals surface area contributed by atoms with Gasteiger partial charge in [-0.05, 0) is 24.1 Å². The summed E-state index contributed by atoms with van der Waals surface area (Å²) in [6.07, 6.45) is 0.891. The lowest BCUT2D eigenvalue weighted by atomic mass is 10.1. The van der Waals surface area contributed by atoms with Crippen LogP contribution in [0.4, 0.5) is 5.69 Å². The Balaban J connectivity index is 2.52. The molecule has 1 atom stereocenters. The van der Waals surface area contributed by atoms with E-state index in [-0.39, 0.29) is 0 Å². The Labute approximate surface area is 93.6 Å². The maximum atomic E-state index is 6.12. The van der Waals surface area contributed by atoms with E-state index in [1.54, 1.807) is 0 Å². The lowest BCUT2D eigenvalue weighted by Crippen LogP contribution is -2.34. The molecule has 76 valence electrons. The van der Waals surface area contributed by atoms with Crippen LogP contribution in [0.5, 0.6) is 0 Å². The van der Waals surface area contributed by atoms with Gasteiger partial charge in [-0.25, -0.2) is 0 Å². The van der Waals surface area contributed by atoms with Gasteiger partial charge in [0.15, 0.2) is 0 Å². The monoisotopic (exact) mass is 230 g/mol. The predicted octanol–water partition coefficient (Wildman–Crippen LogP) is 2.31. The summed E-state index contributed by atoms with van der Waals surface area (Å²) >= 11 is 12.2. The zero-order chi connectivity index (χ0) is 10.3. The molecule has 0 bridgehead atoms. The first-order chi connectivity index (χ1) is 6.65. The lowest BCUT2D eigenvalue weighted by molar-refractivity contribution is 0.675. The molecule has 1 aliphatic rings. The van der Waals surface area contributed by atoms with Crippen LogP contribution in [0.15, 0.2) is 12.1 Å². The Kier molecular flexibility index (Phi) is 2.60. The first-order valence-electron chi connectivity index (χ1n) is 4.55. The summed E-state index contributed by atoms with van der Waals surface area (Å²) in [5.74, 6) is 0. The molecule has 1 unspecified atom stereocenters. The van der Waals surface area contributed by atoms with Crippen molar-refractivity contribution in [1.82, 2.24) is 0 Å². The molecule has 0 fully saturated rings. The van der Waals surface area contributed by atoms with Gasteiger partial charge in [-0.15, -0.1) is 0 Å². The summed E-state index contributed by atoms with van der Waals surface area (Å²) in [7, 11) is 2.01. The highest BCUT2D eigenvalue weighted by molar-refractivity contribution is 6.36. The second kappa shape index (κ2) is 3.61. The van der Waals surface area contributed by atoms with Crippen molar-refractivity contribution in [3.63, 3.8) is 0 Å². The van der Waals surface area contributed by atoms with Crippen LogP contribution in [0.1, 0.15) is 5.56 Å². The predicted molar refractivity (Wildman–Crippen MR) is 61.4 cm³/mol. The molecule has 0 radical (unpaired) electrons. The number of anilines is 1.